The molecule has 2 aliphatic rings. The summed E-state index contributed by atoms with van der Waals surface area (Å²) in [6.07, 6.45) is 13.2. The largest absolute Gasteiger partial charge is 0.396 e. The Morgan fingerprint density at radius 3 is 2.61 bits per heavy atom. The van der Waals surface area contributed by atoms with Gasteiger partial charge in [-0.3, -0.25) is 4.68 Å². The molecule has 0 spiro atoms. The molecule has 1 heterocycles. The van der Waals surface area contributed by atoms with Crippen LogP contribution in [0.1, 0.15) is 63.1 Å². The number of hydrogen-bond acceptors (Lipinski definition) is 2. The molecule has 0 aliphatic heterocycles. The molecule has 0 saturated heterocycles. The Bertz CT molecular complexity index is 387. The number of hydrogen-bond donors (Lipinski definition) is 1. The van der Waals surface area contributed by atoms with Gasteiger partial charge in [0.15, 0.2) is 0 Å². The molecular weight excluding hydrogens is 224 g/mol. The van der Waals surface area contributed by atoms with Crippen molar-refractivity contribution >= 4 is 0 Å². The third-order valence-electron chi connectivity index (χ3n) is 4.92. The van der Waals surface area contributed by atoms with Crippen LogP contribution in [0.2, 0.25) is 0 Å². The van der Waals surface area contributed by atoms with Crippen molar-refractivity contribution in [3.63, 3.8) is 0 Å². The minimum absolute atomic E-state index is 0.134. The molecule has 0 amide bonds. The molecule has 1 N–H and O–H groups in total. The highest BCUT2D eigenvalue weighted by Crippen LogP contribution is 2.40. The maximum absolute atomic E-state index is 9.66. The van der Waals surface area contributed by atoms with E-state index in [1.807, 2.05) is 0 Å². The summed E-state index contributed by atoms with van der Waals surface area (Å²) in [5, 5.41) is 14.4. The third-order valence-corrected chi connectivity index (χ3v) is 4.92. The van der Waals surface area contributed by atoms with Crippen LogP contribution >= 0.6 is 0 Å². The van der Waals surface area contributed by atoms with Crippen LogP contribution in [0.15, 0.2) is 12.3 Å². The summed E-state index contributed by atoms with van der Waals surface area (Å²) in [7, 11) is 0. The van der Waals surface area contributed by atoms with Gasteiger partial charge < -0.3 is 5.11 Å². The van der Waals surface area contributed by atoms with Gasteiger partial charge >= 0.3 is 0 Å². The van der Waals surface area contributed by atoms with Crippen LogP contribution in [0.25, 0.3) is 0 Å². The predicted molar refractivity (Wildman–Crippen MR) is 71.4 cm³/mol. The van der Waals surface area contributed by atoms with Crippen molar-refractivity contribution in [1.82, 2.24) is 9.78 Å². The zero-order valence-electron chi connectivity index (χ0n) is 11.1. The molecule has 0 aromatic carbocycles. The van der Waals surface area contributed by atoms with E-state index < -0.39 is 0 Å². The molecule has 100 valence electrons. The summed E-state index contributed by atoms with van der Waals surface area (Å²) < 4.78 is 2.17. The molecule has 0 radical (unpaired) electrons. The topological polar surface area (TPSA) is 38.0 Å². The van der Waals surface area contributed by atoms with E-state index in [4.69, 9.17) is 5.10 Å². The molecule has 2 saturated carbocycles. The molecule has 3 heteroatoms. The quantitative estimate of drug-likeness (QED) is 0.889. The van der Waals surface area contributed by atoms with Gasteiger partial charge in [-0.05, 0) is 43.6 Å². The fourth-order valence-electron chi connectivity index (χ4n) is 3.74. The second-order valence-corrected chi connectivity index (χ2v) is 6.27. The van der Waals surface area contributed by atoms with Crippen molar-refractivity contribution in [3.8, 4) is 0 Å². The predicted octanol–water partition coefficient (Wildman–Crippen LogP) is 3.09. The lowest BCUT2D eigenvalue weighted by molar-refractivity contribution is 0.129. The van der Waals surface area contributed by atoms with Crippen molar-refractivity contribution < 1.29 is 5.11 Å². The monoisotopic (exact) mass is 248 g/mol. The van der Waals surface area contributed by atoms with Gasteiger partial charge in [0.2, 0.25) is 0 Å². The van der Waals surface area contributed by atoms with E-state index in [-0.39, 0.29) is 5.41 Å². The normalized spacial score (nSPS) is 23.8. The van der Waals surface area contributed by atoms with Crippen LogP contribution < -0.4 is 0 Å². The number of aromatic nitrogens is 2. The van der Waals surface area contributed by atoms with Gasteiger partial charge in [0, 0.05) is 12.8 Å². The lowest BCUT2D eigenvalue weighted by Crippen LogP contribution is -2.24. The van der Waals surface area contributed by atoms with Gasteiger partial charge in [-0.25, -0.2) is 0 Å². The molecule has 0 bridgehead atoms. The molecule has 0 unspecified atom stereocenters. The fourth-order valence-corrected chi connectivity index (χ4v) is 3.74. The second kappa shape index (κ2) is 5.04. The maximum atomic E-state index is 9.66. The van der Waals surface area contributed by atoms with Crippen molar-refractivity contribution in [2.24, 2.45) is 5.41 Å². The molecule has 2 fully saturated rings. The van der Waals surface area contributed by atoms with Gasteiger partial charge in [0.05, 0.1) is 11.7 Å². The van der Waals surface area contributed by atoms with E-state index in [2.05, 4.69) is 16.9 Å². The Kier molecular flexibility index (Phi) is 3.42. The smallest absolute Gasteiger partial charge is 0.0631 e. The Morgan fingerprint density at radius 1 is 1.22 bits per heavy atom. The molecule has 0 atom stereocenters. The third kappa shape index (κ3) is 2.33. The zero-order chi connectivity index (χ0) is 12.4. The van der Waals surface area contributed by atoms with Gasteiger partial charge in [-0.15, -0.1) is 0 Å². The van der Waals surface area contributed by atoms with E-state index in [1.54, 1.807) is 0 Å². The summed E-state index contributed by atoms with van der Waals surface area (Å²) in [4.78, 5) is 0. The lowest BCUT2D eigenvalue weighted by atomic mass is 9.82. The summed E-state index contributed by atoms with van der Waals surface area (Å²) in [6, 6.07) is 2.79. The number of nitrogens with zero attached hydrogens (tertiary/aromatic N) is 2. The maximum Gasteiger partial charge on any atom is 0.0631 e. The average Bonchev–Trinajstić information content (AvgIpc) is 3.10. The van der Waals surface area contributed by atoms with Crippen molar-refractivity contribution in [2.75, 3.05) is 6.61 Å². The first-order valence-electron chi connectivity index (χ1n) is 7.46. The molecule has 3 nitrogen and oxygen atoms in total. The highest BCUT2D eigenvalue weighted by molar-refractivity contribution is 5.05. The minimum Gasteiger partial charge on any atom is -0.396 e. The van der Waals surface area contributed by atoms with Gasteiger partial charge in [0.1, 0.15) is 0 Å². The van der Waals surface area contributed by atoms with Crippen LogP contribution in [-0.2, 0) is 6.42 Å². The molecule has 2 aliphatic carbocycles. The summed E-state index contributed by atoms with van der Waals surface area (Å²) >= 11 is 0. The van der Waals surface area contributed by atoms with E-state index >= 15 is 0 Å². The van der Waals surface area contributed by atoms with Gasteiger partial charge in [0.25, 0.3) is 0 Å². The van der Waals surface area contributed by atoms with Crippen molar-refractivity contribution in [1.29, 1.82) is 0 Å². The standard InChI is InChI=1S/C15H24N2O/c18-12-15(8-3-4-9-15)11-13-7-10-17(16-13)14-5-1-2-6-14/h7,10,14,18H,1-6,8-9,11-12H2. The van der Waals surface area contributed by atoms with Crippen LogP contribution in [-0.4, -0.2) is 21.5 Å². The summed E-state index contributed by atoms with van der Waals surface area (Å²) in [5.74, 6) is 0. The number of rotatable bonds is 4. The summed E-state index contributed by atoms with van der Waals surface area (Å²) in [5.41, 5.74) is 1.31. The first-order valence-corrected chi connectivity index (χ1v) is 7.46. The Labute approximate surface area is 109 Å². The molecule has 3 rings (SSSR count). The van der Waals surface area contributed by atoms with Gasteiger partial charge in [-0.1, -0.05) is 25.7 Å². The van der Waals surface area contributed by atoms with E-state index in [0.29, 0.717) is 12.6 Å². The van der Waals surface area contributed by atoms with Crippen LogP contribution in [0, 0.1) is 5.41 Å². The highest BCUT2D eigenvalue weighted by atomic mass is 16.3. The first kappa shape index (κ1) is 12.2. The molecule has 18 heavy (non-hydrogen) atoms. The average molecular weight is 248 g/mol. The molecule has 1 aromatic rings. The molecular formula is C15H24N2O. The fraction of sp³-hybridized carbons (Fsp3) is 0.800. The summed E-state index contributed by atoms with van der Waals surface area (Å²) in [6.45, 7) is 0.323. The molecule has 1 aromatic heterocycles. The van der Waals surface area contributed by atoms with Crippen LogP contribution in [0.3, 0.4) is 0 Å². The van der Waals surface area contributed by atoms with Gasteiger partial charge in [-0.2, -0.15) is 5.10 Å². The lowest BCUT2D eigenvalue weighted by Gasteiger charge is -2.25. The van der Waals surface area contributed by atoms with E-state index in [0.717, 1.165) is 6.42 Å². The van der Waals surface area contributed by atoms with Crippen molar-refractivity contribution in [3.05, 3.63) is 18.0 Å². The second-order valence-electron chi connectivity index (χ2n) is 6.27. The Hall–Kier alpha value is -0.830. The van der Waals surface area contributed by atoms with E-state index in [1.165, 1.54) is 57.1 Å². The number of aliphatic hydroxyl groups is 1. The highest BCUT2D eigenvalue weighted by Gasteiger charge is 2.34. The van der Waals surface area contributed by atoms with Crippen molar-refractivity contribution in [2.45, 2.75) is 63.8 Å². The Balaban J connectivity index is 1.69. The van der Waals surface area contributed by atoms with E-state index in [9.17, 15) is 5.11 Å². The number of aliphatic hydroxyl groups excluding tert-OH is 1. The first-order chi connectivity index (χ1) is 8.81. The zero-order valence-corrected chi connectivity index (χ0v) is 11.1. The van der Waals surface area contributed by atoms with Crippen LogP contribution in [0.4, 0.5) is 0 Å². The Morgan fingerprint density at radius 2 is 1.94 bits per heavy atom. The minimum atomic E-state index is 0.134. The van der Waals surface area contributed by atoms with Crippen LogP contribution in [0.5, 0.6) is 0 Å². The SMILES string of the molecule is OCC1(Cc2ccn(C3CCCC3)n2)CCCC1.